The Balaban J connectivity index is 2.25. The molecule has 0 unspecified atom stereocenters. The Hall–Kier alpha value is -2.67. The van der Waals surface area contributed by atoms with E-state index in [1.807, 2.05) is 6.07 Å². The second-order valence-corrected chi connectivity index (χ2v) is 3.40. The van der Waals surface area contributed by atoms with Gasteiger partial charge in [-0.3, -0.25) is 9.59 Å². The first-order chi connectivity index (χ1) is 8.22. The van der Waals surface area contributed by atoms with Crippen LogP contribution in [-0.2, 0) is 9.59 Å². The van der Waals surface area contributed by atoms with Gasteiger partial charge in [-0.15, -0.1) is 0 Å². The van der Waals surface area contributed by atoms with E-state index in [4.69, 9.17) is 5.26 Å². The maximum atomic E-state index is 11.4. The second-order valence-electron chi connectivity index (χ2n) is 3.40. The van der Waals surface area contributed by atoms with Crippen molar-refractivity contribution in [1.29, 1.82) is 5.26 Å². The molecule has 0 atom stereocenters. The van der Waals surface area contributed by atoms with Crippen molar-refractivity contribution in [2.45, 2.75) is 0 Å². The number of carbonyl (C=O) groups excluding carboxylic acids is 2. The number of carbonyl (C=O) groups is 2. The number of anilines is 1. The average molecular weight is 224 g/mol. The molecule has 0 fully saturated rings. The number of rotatable bonds is 2. The molecule has 17 heavy (non-hydrogen) atoms. The van der Waals surface area contributed by atoms with E-state index in [2.05, 4.69) is 0 Å². The van der Waals surface area contributed by atoms with E-state index in [-0.39, 0.29) is 11.8 Å². The molecule has 1 aliphatic heterocycles. The Morgan fingerprint density at radius 2 is 1.65 bits per heavy atom. The third-order valence-electron chi connectivity index (χ3n) is 2.31. The normalized spacial score (nSPS) is 14.6. The Morgan fingerprint density at radius 3 is 2.18 bits per heavy atom. The van der Waals surface area contributed by atoms with Gasteiger partial charge in [0.1, 0.15) is 0 Å². The number of hydrogen-bond donors (Lipinski definition) is 0. The lowest BCUT2D eigenvalue weighted by molar-refractivity contribution is -0.119. The Kier molecular flexibility index (Phi) is 2.84. The van der Waals surface area contributed by atoms with Crippen LogP contribution in [-0.4, -0.2) is 11.8 Å². The average Bonchev–Trinajstić information content (AvgIpc) is 2.67. The van der Waals surface area contributed by atoms with Crippen molar-refractivity contribution in [1.82, 2.24) is 0 Å². The van der Waals surface area contributed by atoms with Crippen LogP contribution in [0.5, 0.6) is 0 Å². The summed E-state index contributed by atoms with van der Waals surface area (Å²) in [6.45, 7) is 0. The molecule has 1 aromatic carbocycles. The fourth-order valence-corrected chi connectivity index (χ4v) is 1.52. The van der Waals surface area contributed by atoms with Crippen molar-refractivity contribution < 1.29 is 9.59 Å². The lowest BCUT2D eigenvalue weighted by Crippen LogP contribution is -2.29. The van der Waals surface area contributed by atoms with Crippen molar-refractivity contribution in [3.63, 3.8) is 0 Å². The number of allylic oxidation sites excluding steroid dienone is 1. The summed E-state index contributed by atoms with van der Waals surface area (Å²) in [6, 6.07) is 8.70. The molecular weight excluding hydrogens is 216 g/mol. The molecule has 1 aromatic rings. The molecule has 2 amide bonds. The van der Waals surface area contributed by atoms with Gasteiger partial charge in [0.2, 0.25) is 0 Å². The van der Waals surface area contributed by atoms with Gasteiger partial charge in [0.25, 0.3) is 11.8 Å². The van der Waals surface area contributed by atoms with Gasteiger partial charge in [-0.1, -0.05) is 12.1 Å². The first kappa shape index (κ1) is 10.8. The highest BCUT2D eigenvalue weighted by atomic mass is 16.2. The molecule has 0 aromatic heterocycles. The maximum absolute atomic E-state index is 11.4. The third-order valence-corrected chi connectivity index (χ3v) is 2.31. The Morgan fingerprint density at radius 1 is 1.06 bits per heavy atom. The number of nitrogens with zero attached hydrogens (tertiary/aromatic N) is 2. The third kappa shape index (κ3) is 2.13. The molecule has 0 bridgehead atoms. The first-order valence-corrected chi connectivity index (χ1v) is 4.95. The molecule has 1 aliphatic rings. The zero-order valence-electron chi connectivity index (χ0n) is 8.83. The first-order valence-electron chi connectivity index (χ1n) is 4.95. The summed E-state index contributed by atoms with van der Waals surface area (Å²) < 4.78 is 0. The minimum absolute atomic E-state index is 0.338. The fourth-order valence-electron chi connectivity index (χ4n) is 1.52. The highest BCUT2D eigenvalue weighted by Crippen LogP contribution is 2.19. The number of nitriles is 1. The molecule has 0 saturated heterocycles. The van der Waals surface area contributed by atoms with Crippen LogP contribution in [0.3, 0.4) is 0 Å². The molecule has 2 rings (SSSR count). The standard InChI is InChI=1S/C13H8N2O2/c14-9-1-2-10-3-5-11(6-4-10)15-12(16)7-8-13(15)17/h1-8H. The molecule has 0 aliphatic carbocycles. The smallest absolute Gasteiger partial charge is 0.258 e. The minimum atomic E-state index is -0.338. The van der Waals surface area contributed by atoms with Crippen LogP contribution in [0.15, 0.2) is 42.5 Å². The highest BCUT2D eigenvalue weighted by molar-refractivity contribution is 6.28. The summed E-state index contributed by atoms with van der Waals surface area (Å²) in [5.74, 6) is -0.675. The van der Waals surface area contributed by atoms with Gasteiger partial charge in [-0.25, -0.2) is 4.90 Å². The Labute approximate surface area is 98.1 Å². The molecule has 82 valence electrons. The van der Waals surface area contributed by atoms with E-state index in [9.17, 15) is 9.59 Å². The summed E-state index contributed by atoms with van der Waals surface area (Å²) in [5, 5.41) is 8.38. The van der Waals surface area contributed by atoms with Gasteiger partial charge in [-0.05, 0) is 23.8 Å². The van der Waals surface area contributed by atoms with E-state index in [1.54, 1.807) is 30.3 Å². The predicted octanol–water partition coefficient (Wildman–Crippen LogP) is 1.65. The van der Waals surface area contributed by atoms with Crippen LogP contribution in [0.25, 0.3) is 6.08 Å². The van der Waals surface area contributed by atoms with E-state index in [0.29, 0.717) is 5.69 Å². The SMILES string of the molecule is N#CC=Cc1ccc(N2C(=O)C=CC2=O)cc1. The predicted molar refractivity (Wildman–Crippen MR) is 62.7 cm³/mol. The van der Waals surface area contributed by atoms with Crippen LogP contribution in [0.1, 0.15) is 5.56 Å². The van der Waals surface area contributed by atoms with Crippen molar-refractivity contribution in [2.75, 3.05) is 4.90 Å². The summed E-state index contributed by atoms with van der Waals surface area (Å²) in [4.78, 5) is 23.9. The van der Waals surface area contributed by atoms with Gasteiger partial charge < -0.3 is 0 Å². The molecular formula is C13H8N2O2. The van der Waals surface area contributed by atoms with E-state index in [0.717, 1.165) is 10.5 Å². The lowest BCUT2D eigenvalue weighted by atomic mass is 10.2. The van der Waals surface area contributed by atoms with Gasteiger partial charge in [0, 0.05) is 18.2 Å². The molecule has 4 nitrogen and oxygen atoms in total. The molecule has 0 N–H and O–H groups in total. The van der Waals surface area contributed by atoms with E-state index >= 15 is 0 Å². The van der Waals surface area contributed by atoms with Crippen molar-refractivity contribution in [3.05, 3.63) is 48.1 Å². The van der Waals surface area contributed by atoms with Crippen LogP contribution in [0, 0.1) is 11.3 Å². The van der Waals surface area contributed by atoms with Gasteiger partial charge >= 0.3 is 0 Å². The molecule has 4 heteroatoms. The summed E-state index contributed by atoms with van der Waals surface area (Å²) in [6.07, 6.45) is 5.50. The monoisotopic (exact) mass is 224 g/mol. The number of amides is 2. The quantitative estimate of drug-likeness (QED) is 0.566. The van der Waals surface area contributed by atoms with Crippen molar-refractivity contribution >= 4 is 23.6 Å². The zero-order valence-corrected chi connectivity index (χ0v) is 8.83. The van der Waals surface area contributed by atoms with Crippen LogP contribution >= 0.6 is 0 Å². The molecule has 1 heterocycles. The second kappa shape index (κ2) is 4.45. The van der Waals surface area contributed by atoms with Gasteiger partial charge in [-0.2, -0.15) is 5.26 Å². The van der Waals surface area contributed by atoms with Crippen molar-refractivity contribution in [2.24, 2.45) is 0 Å². The number of imide groups is 1. The number of hydrogen-bond acceptors (Lipinski definition) is 3. The van der Waals surface area contributed by atoms with Gasteiger partial charge in [0.15, 0.2) is 0 Å². The molecule has 0 saturated carbocycles. The summed E-state index contributed by atoms with van der Waals surface area (Å²) >= 11 is 0. The lowest BCUT2D eigenvalue weighted by Gasteiger charge is -2.13. The summed E-state index contributed by atoms with van der Waals surface area (Å²) in [7, 11) is 0. The van der Waals surface area contributed by atoms with E-state index < -0.39 is 0 Å². The zero-order chi connectivity index (χ0) is 12.3. The van der Waals surface area contributed by atoms with Crippen LogP contribution in [0.4, 0.5) is 5.69 Å². The molecule has 0 spiro atoms. The minimum Gasteiger partial charge on any atom is -0.269 e. The van der Waals surface area contributed by atoms with Gasteiger partial charge in [0.05, 0.1) is 11.8 Å². The summed E-state index contributed by atoms with van der Waals surface area (Å²) in [5.41, 5.74) is 1.36. The van der Waals surface area contributed by atoms with Crippen LogP contribution < -0.4 is 4.90 Å². The Bertz CT molecular complexity index is 544. The fraction of sp³-hybridized carbons (Fsp3) is 0. The van der Waals surface area contributed by atoms with E-state index in [1.165, 1.54) is 18.2 Å². The number of benzene rings is 1. The van der Waals surface area contributed by atoms with Crippen LogP contribution in [0.2, 0.25) is 0 Å². The highest BCUT2D eigenvalue weighted by Gasteiger charge is 2.24. The maximum Gasteiger partial charge on any atom is 0.258 e. The topological polar surface area (TPSA) is 61.2 Å². The largest absolute Gasteiger partial charge is 0.269 e. The van der Waals surface area contributed by atoms with Crippen molar-refractivity contribution in [3.8, 4) is 6.07 Å². The molecule has 0 radical (unpaired) electrons.